The Morgan fingerprint density at radius 1 is 1.50 bits per heavy atom. The normalized spacial score (nSPS) is 17.0. The lowest BCUT2D eigenvalue weighted by Gasteiger charge is -2.33. The second-order valence-corrected chi connectivity index (χ2v) is 4.38. The molecule has 0 saturated heterocycles. The van der Waals surface area contributed by atoms with Crippen molar-refractivity contribution < 1.29 is 4.79 Å². The standard InChI is InChI=1S/C11H12N4O/c1-11(2)9-4-3-8(14-15-12)5-7(9)6-10(16)13-11/h3-5H,6H2,1-2H3,(H,13,16). The van der Waals surface area contributed by atoms with Gasteiger partial charge in [-0.2, -0.15) is 0 Å². The lowest BCUT2D eigenvalue weighted by molar-refractivity contribution is -0.122. The molecule has 0 aliphatic carbocycles. The van der Waals surface area contributed by atoms with Crippen LogP contribution in [0.1, 0.15) is 25.0 Å². The topological polar surface area (TPSA) is 77.9 Å². The van der Waals surface area contributed by atoms with Gasteiger partial charge < -0.3 is 5.32 Å². The van der Waals surface area contributed by atoms with Crippen molar-refractivity contribution in [1.29, 1.82) is 0 Å². The molecule has 1 aliphatic rings. The molecule has 2 rings (SSSR count). The molecular formula is C11H12N4O. The average molecular weight is 216 g/mol. The summed E-state index contributed by atoms with van der Waals surface area (Å²) in [5.41, 5.74) is 10.5. The molecule has 0 radical (unpaired) electrons. The Kier molecular flexibility index (Phi) is 2.33. The fourth-order valence-electron chi connectivity index (χ4n) is 2.08. The first-order valence-electron chi connectivity index (χ1n) is 5.02. The van der Waals surface area contributed by atoms with E-state index >= 15 is 0 Å². The summed E-state index contributed by atoms with van der Waals surface area (Å²) >= 11 is 0. The van der Waals surface area contributed by atoms with E-state index in [0.29, 0.717) is 12.1 Å². The molecule has 1 amide bonds. The number of carbonyl (C=O) groups excluding carboxylic acids is 1. The van der Waals surface area contributed by atoms with Crippen LogP contribution in [0, 0.1) is 0 Å². The summed E-state index contributed by atoms with van der Waals surface area (Å²) < 4.78 is 0. The van der Waals surface area contributed by atoms with Gasteiger partial charge in [0.1, 0.15) is 0 Å². The maximum absolute atomic E-state index is 11.5. The summed E-state index contributed by atoms with van der Waals surface area (Å²) in [5, 5.41) is 6.46. The molecular weight excluding hydrogens is 204 g/mol. The highest BCUT2D eigenvalue weighted by Gasteiger charge is 2.30. The fraction of sp³-hybridized carbons (Fsp3) is 0.364. The largest absolute Gasteiger partial charge is 0.347 e. The first-order valence-corrected chi connectivity index (χ1v) is 5.02. The summed E-state index contributed by atoms with van der Waals surface area (Å²) in [6.45, 7) is 3.91. The molecule has 1 N–H and O–H groups in total. The molecule has 1 aromatic carbocycles. The van der Waals surface area contributed by atoms with E-state index in [9.17, 15) is 4.79 Å². The van der Waals surface area contributed by atoms with Gasteiger partial charge in [-0.05, 0) is 36.6 Å². The molecule has 0 unspecified atom stereocenters. The van der Waals surface area contributed by atoms with Gasteiger partial charge in [0.25, 0.3) is 0 Å². The van der Waals surface area contributed by atoms with Gasteiger partial charge in [-0.1, -0.05) is 17.2 Å². The lowest BCUT2D eigenvalue weighted by Crippen LogP contribution is -2.46. The first kappa shape index (κ1) is 10.5. The molecule has 1 aromatic rings. The Bertz CT molecular complexity index is 501. The number of hydrogen-bond donors (Lipinski definition) is 1. The third-order valence-electron chi connectivity index (χ3n) is 2.73. The summed E-state index contributed by atoms with van der Waals surface area (Å²) in [4.78, 5) is 14.2. The number of fused-ring (bicyclic) bond motifs is 1. The van der Waals surface area contributed by atoms with Crippen LogP contribution in [0.4, 0.5) is 5.69 Å². The molecule has 16 heavy (non-hydrogen) atoms. The predicted molar refractivity (Wildman–Crippen MR) is 60.1 cm³/mol. The van der Waals surface area contributed by atoms with Crippen molar-refractivity contribution in [1.82, 2.24) is 5.32 Å². The van der Waals surface area contributed by atoms with Crippen molar-refractivity contribution in [2.24, 2.45) is 5.11 Å². The Balaban J connectivity index is 2.54. The number of amides is 1. The number of nitrogens with one attached hydrogen (secondary N) is 1. The summed E-state index contributed by atoms with van der Waals surface area (Å²) in [6, 6.07) is 5.44. The van der Waals surface area contributed by atoms with Crippen molar-refractivity contribution >= 4 is 11.6 Å². The number of azide groups is 1. The number of rotatable bonds is 1. The van der Waals surface area contributed by atoms with Crippen LogP contribution < -0.4 is 5.32 Å². The van der Waals surface area contributed by atoms with Crippen molar-refractivity contribution in [2.75, 3.05) is 0 Å². The summed E-state index contributed by atoms with van der Waals surface area (Å²) in [5.74, 6) is -0.00409. The van der Waals surface area contributed by atoms with Crippen LogP contribution in [0.5, 0.6) is 0 Å². The SMILES string of the molecule is CC1(C)NC(=O)Cc2cc(N=[N+]=[N-])ccc21. The van der Waals surface area contributed by atoms with E-state index in [1.54, 1.807) is 12.1 Å². The van der Waals surface area contributed by atoms with Crippen LogP contribution in [-0.2, 0) is 16.8 Å². The van der Waals surface area contributed by atoms with Gasteiger partial charge in [-0.15, -0.1) is 0 Å². The molecule has 0 aromatic heterocycles. The maximum atomic E-state index is 11.5. The number of nitrogens with zero attached hydrogens (tertiary/aromatic N) is 3. The Labute approximate surface area is 93.1 Å². The quantitative estimate of drug-likeness (QED) is 0.437. The Morgan fingerprint density at radius 2 is 2.25 bits per heavy atom. The second kappa shape index (κ2) is 3.54. The van der Waals surface area contributed by atoms with Crippen molar-refractivity contribution in [3.8, 4) is 0 Å². The van der Waals surface area contributed by atoms with Gasteiger partial charge in [0.2, 0.25) is 5.91 Å². The molecule has 0 saturated carbocycles. The molecule has 5 heteroatoms. The van der Waals surface area contributed by atoms with Crippen LogP contribution in [0.25, 0.3) is 10.4 Å². The van der Waals surface area contributed by atoms with Gasteiger partial charge in [0.05, 0.1) is 12.0 Å². The minimum atomic E-state index is -0.362. The highest BCUT2D eigenvalue weighted by molar-refractivity contribution is 5.82. The van der Waals surface area contributed by atoms with E-state index in [1.165, 1.54) is 0 Å². The van der Waals surface area contributed by atoms with E-state index in [-0.39, 0.29) is 11.4 Å². The third kappa shape index (κ3) is 1.73. The van der Waals surface area contributed by atoms with Crippen molar-refractivity contribution in [3.63, 3.8) is 0 Å². The van der Waals surface area contributed by atoms with Gasteiger partial charge in [-0.25, -0.2) is 0 Å². The molecule has 0 bridgehead atoms. The third-order valence-corrected chi connectivity index (χ3v) is 2.73. The van der Waals surface area contributed by atoms with E-state index in [2.05, 4.69) is 15.3 Å². The molecule has 1 heterocycles. The second-order valence-electron chi connectivity index (χ2n) is 4.38. The van der Waals surface area contributed by atoms with Crippen LogP contribution in [-0.4, -0.2) is 5.91 Å². The Hall–Kier alpha value is -2.00. The van der Waals surface area contributed by atoms with E-state index in [1.807, 2.05) is 19.9 Å². The first-order chi connectivity index (χ1) is 7.53. The summed E-state index contributed by atoms with van der Waals surface area (Å²) in [7, 11) is 0. The molecule has 0 spiro atoms. The zero-order valence-corrected chi connectivity index (χ0v) is 9.19. The minimum Gasteiger partial charge on any atom is -0.347 e. The molecule has 0 fully saturated rings. The number of hydrogen-bond acceptors (Lipinski definition) is 2. The molecule has 82 valence electrons. The highest BCUT2D eigenvalue weighted by atomic mass is 16.1. The highest BCUT2D eigenvalue weighted by Crippen LogP contribution is 2.31. The van der Waals surface area contributed by atoms with Crippen LogP contribution in [0.15, 0.2) is 23.3 Å². The Morgan fingerprint density at radius 3 is 2.94 bits per heavy atom. The van der Waals surface area contributed by atoms with E-state index < -0.39 is 0 Å². The molecule has 1 aliphatic heterocycles. The van der Waals surface area contributed by atoms with E-state index in [4.69, 9.17) is 5.53 Å². The molecule has 0 atom stereocenters. The van der Waals surface area contributed by atoms with Crippen LogP contribution in [0.3, 0.4) is 0 Å². The predicted octanol–water partition coefficient (Wildman–Crippen LogP) is 2.54. The molecule has 5 nitrogen and oxygen atoms in total. The fourth-order valence-corrected chi connectivity index (χ4v) is 2.08. The van der Waals surface area contributed by atoms with Gasteiger partial charge >= 0.3 is 0 Å². The summed E-state index contributed by atoms with van der Waals surface area (Å²) in [6.07, 6.45) is 0.341. The zero-order chi connectivity index (χ0) is 11.8. The van der Waals surface area contributed by atoms with E-state index in [0.717, 1.165) is 11.1 Å². The van der Waals surface area contributed by atoms with Crippen molar-refractivity contribution in [2.45, 2.75) is 25.8 Å². The lowest BCUT2D eigenvalue weighted by atomic mass is 9.85. The maximum Gasteiger partial charge on any atom is 0.225 e. The minimum absolute atomic E-state index is 0.00409. The average Bonchev–Trinajstić information content (AvgIpc) is 2.15. The van der Waals surface area contributed by atoms with Crippen molar-refractivity contribution in [3.05, 3.63) is 39.8 Å². The van der Waals surface area contributed by atoms with Gasteiger partial charge in [-0.3, -0.25) is 4.79 Å². The number of carbonyl (C=O) groups is 1. The van der Waals surface area contributed by atoms with Gasteiger partial charge in [0.15, 0.2) is 0 Å². The number of benzene rings is 1. The smallest absolute Gasteiger partial charge is 0.225 e. The van der Waals surface area contributed by atoms with Crippen LogP contribution in [0.2, 0.25) is 0 Å². The van der Waals surface area contributed by atoms with Crippen LogP contribution >= 0.6 is 0 Å². The zero-order valence-electron chi connectivity index (χ0n) is 9.19. The van der Waals surface area contributed by atoms with Gasteiger partial charge in [0, 0.05) is 10.6 Å². The monoisotopic (exact) mass is 216 g/mol.